The van der Waals surface area contributed by atoms with E-state index in [1.54, 1.807) is 0 Å². The summed E-state index contributed by atoms with van der Waals surface area (Å²) >= 11 is 0. The molecule has 0 saturated carbocycles. The molecule has 0 saturated heterocycles. The lowest BCUT2D eigenvalue weighted by Crippen LogP contribution is -2.29. The van der Waals surface area contributed by atoms with Crippen molar-refractivity contribution in [3.8, 4) is 0 Å². The minimum Gasteiger partial charge on any atom is -0.481 e. The summed E-state index contributed by atoms with van der Waals surface area (Å²) in [6.45, 7) is 8.01. The third-order valence-electron chi connectivity index (χ3n) is 11.0. The topological polar surface area (TPSA) is 102 Å². The van der Waals surface area contributed by atoms with Crippen LogP contribution in [0.15, 0.2) is 24.3 Å². The summed E-state index contributed by atoms with van der Waals surface area (Å²) in [5.74, 6) is -1.94. The average molecular weight is 806 g/mol. The average Bonchev–Trinajstić information content (AvgIpc) is 3.18. The van der Waals surface area contributed by atoms with E-state index >= 15 is 0 Å². The normalized spacial score (nSPS) is 12.9. The van der Waals surface area contributed by atoms with Crippen LogP contribution < -0.4 is 0 Å². The number of esters is 1. The number of hydrogen-bond acceptors (Lipinski definition) is 7. The molecule has 0 rings (SSSR count). The molecule has 0 aliphatic heterocycles. The van der Waals surface area contributed by atoms with Gasteiger partial charge in [0, 0.05) is 6.54 Å². The first kappa shape index (κ1) is 54.6. The second-order valence-corrected chi connectivity index (χ2v) is 16.8. The van der Waals surface area contributed by atoms with Crippen molar-refractivity contribution < 1.29 is 33.7 Å². The lowest BCUT2D eigenvalue weighted by Gasteiger charge is -2.25. The molecule has 334 valence electrons. The maximum atomic E-state index is 13.5. The summed E-state index contributed by atoms with van der Waals surface area (Å²) in [7, 11) is 3.98. The van der Waals surface area contributed by atoms with Gasteiger partial charge in [-0.05, 0) is 97.1 Å². The van der Waals surface area contributed by atoms with E-state index in [1.165, 1.54) is 96.3 Å². The Morgan fingerprint density at radius 2 is 1.00 bits per heavy atom. The lowest BCUT2D eigenvalue weighted by atomic mass is 9.81. The fraction of sp³-hybridized carbons (Fsp3) is 0.857. The molecular weight excluding hydrogens is 715 g/mol. The van der Waals surface area contributed by atoms with E-state index in [4.69, 9.17) is 14.2 Å². The van der Waals surface area contributed by atoms with E-state index in [2.05, 4.69) is 50.0 Å². The van der Waals surface area contributed by atoms with Gasteiger partial charge in [-0.25, -0.2) is 4.79 Å². The molecule has 0 heterocycles. The Bertz CT molecular complexity index is 965. The number of allylic oxidation sites excluding steroid dienone is 4. The molecule has 8 heteroatoms. The zero-order chi connectivity index (χ0) is 42.0. The van der Waals surface area contributed by atoms with E-state index in [-0.39, 0.29) is 31.0 Å². The van der Waals surface area contributed by atoms with Gasteiger partial charge in [0.15, 0.2) is 0 Å². The Morgan fingerprint density at radius 3 is 1.54 bits per heavy atom. The van der Waals surface area contributed by atoms with Crippen LogP contribution in [-0.4, -0.2) is 68.1 Å². The monoisotopic (exact) mass is 806 g/mol. The molecule has 0 aliphatic rings. The molecule has 2 atom stereocenters. The van der Waals surface area contributed by atoms with Gasteiger partial charge in [0.05, 0.1) is 25.6 Å². The molecule has 0 fully saturated rings. The van der Waals surface area contributed by atoms with Crippen molar-refractivity contribution in [2.45, 2.75) is 226 Å². The quantitative estimate of drug-likeness (QED) is 0.0370. The van der Waals surface area contributed by atoms with Crippen molar-refractivity contribution in [2.75, 3.05) is 33.9 Å². The van der Waals surface area contributed by atoms with Gasteiger partial charge >= 0.3 is 18.1 Å². The lowest BCUT2D eigenvalue weighted by molar-refractivity contribution is -0.155. The number of hydrogen-bond donors (Lipinski definition) is 1. The summed E-state index contributed by atoms with van der Waals surface area (Å²) in [4.78, 5) is 40.1. The smallest absolute Gasteiger partial charge is 0.481 e. The van der Waals surface area contributed by atoms with Crippen molar-refractivity contribution in [2.24, 2.45) is 11.8 Å². The van der Waals surface area contributed by atoms with Gasteiger partial charge in [-0.15, -0.1) is 0 Å². The van der Waals surface area contributed by atoms with Crippen LogP contribution in [0.5, 0.6) is 0 Å². The van der Waals surface area contributed by atoms with Gasteiger partial charge < -0.3 is 24.2 Å². The van der Waals surface area contributed by atoms with Gasteiger partial charge in [0.1, 0.15) is 6.10 Å². The predicted molar refractivity (Wildman–Crippen MR) is 239 cm³/mol. The highest BCUT2D eigenvalue weighted by atomic mass is 16.7. The summed E-state index contributed by atoms with van der Waals surface area (Å²) < 4.78 is 17.0. The summed E-state index contributed by atoms with van der Waals surface area (Å²) in [5, 5.41) is 9.81. The van der Waals surface area contributed by atoms with Gasteiger partial charge in [-0.3, -0.25) is 9.59 Å². The second-order valence-electron chi connectivity index (χ2n) is 16.8. The highest BCUT2D eigenvalue weighted by Gasteiger charge is 2.31. The molecule has 57 heavy (non-hydrogen) atoms. The van der Waals surface area contributed by atoms with Crippen molar-refractivity contribution in [1.82, 2.24) is 4.90 Å². The van der Waals surface area contributed by atoms with Crippen LogP contribution in [0.3, 0.4) is 0 Å². The molecule has 8 nitrogen and oxygen atoms in total. The van der Waals surface area contributed by atoms with E-state index in [9.17, 15) is 19.5 Å². The van der Waals surface area contributed by atoms with Gasteiger partial charge in [0.2, 0.25) is 0 Å². The van der Waals surface area contributed by atoms with E-state index < -0.39 is 18.0 Å². The fourth-order valence-corrected chi connectivity index (χ4v) is 7.47. The Hall–Kier alpha value is -2.35. The molecule has 0 aromatic carbocycles. The third kappa shape index (κ3) is 37.7. The zero-order valence-corrected chi connectivity index (χ0v) is 37.9. The second kappa shape index (κ2) is 41.8. The third-order valence-corrected chi connectivity index (χ3v) is 11.0. The summed E-state index contributed by atoms with van der Waals surface area (Å²) in [5.41, 5.74) is 0. The number of rotatable bonds is 42. The number of nitrogens with zero attached hydrogens (tertiary/aromatic N) is 1. The number of ether oxygens (including phenoxy) is 3. The number of carbonyl (C=O) groups is 3. The Morgan fingerprint density at radius 1 is 0.544 bits per heavy atom. The number of carbonyl (C=O) groups excluding carboxylic acids is 2. The Balaban J connectivity index is 5.00. The van der Waals surface area contributed by atoms with Crippen molar-refractivity contribution in [1.29, 1.82) is 0 Å². The number of aliphatic carboxylic acids is 1. The van der Waals surface area contributed by atoms with Crippen LogP contribution in [0.4, 0.5) is 4.79 Å². The Kier molecular flexibility index (Phi) is 40.1. The van der Waals surface area contributed by atoms with Gasteiger partial charge in [-0.2, -0.15) is 0 Å². The first-order valence-electron chi connectivity index (χ1n) is 23.9. The highest BCUT2D eigenvalue weighted by Crippen LogP contribution is 2.30. The van der Waals surface area contributed by atoms with E-state index in [1.807, 2.05) is 14.1 Å². The SMILES string of the molecule is CCCCC/C=C\C/C=C\CCCCCCCCC(CCCOC(=O)C(CC(=O)O)C(CCCCCCCC)CCCCCCCC)OC(=O)OCCCN(C)C. The van der Waals surface area contributed by atoms with Gasteiger partial charge in [-0.1, -0.05) is 161 Å². The van der Waals surface area contributed by atoms with Crippen LogP contribution in [0.25, 0.3) is 0 Å². The largest absolute Gasteiger partial charge is 0.508 e. The fourth-order valence-electron chi connectivity index (χ4n) is 7.47. The van der Waals surface area contributed by atoms with Crippen molar-refractivity contribution >= 4 is 18.1 Å². The predicted octanol–water partition coefficient (Wildman–Crippen LogP) is 14.2. The van der Waals surface area contributed by atoms with E-state index in [0.717, 1.165) is 90.0 Å². The number of carboxylic acids is 1. The standard InChI is InChI=1S/C49H91NO7/c1-6-9-12-15-18-19-20-21-22-23-24-25-26-27-30-33-38-45(57-49(54)56-42-35-40-50(4)5)39-34-41-55-48(53)46(43-47(51)52)44(36-31-28-16-13-10-7-2)37-32-29-17-14-11-8-3/h18-19,21-22,44-46H,6-17,20,23-43H2,1-5H3,(H,51,52)/b19-18-,22-21-. The minimum absolute atomic E-state index is 0.0214. The Labute approximate surface area is 351 Å². The number of unbranched alkanes of at least 4 members (excludes halogenated alkanes) is 19. The van der Waals surface area contributed by atoms with Crippen LogP contribution in [-0.2, 0) is 23.8 Å². The molecule has 0 amide bonds. The highest BCUT2D eigenvalue weighted by molar-refractivity contribution is 5.79. The first-order valence-corrected chi connectivity index (χ1v) is 23.9. The maximum absolute atomic E-state index is 13.5. The summed E-state index contributed by atoms with van der Waals surface area (Å²) in [6.07, 6.45) is 40.5. The minimum atomic E-state index is -0.946. The maximum Gasteiger partial charge on any atom is 0.508 e. The number of carboxylic acid groups (broad SMARTS) is 1. The molecule has 0 radical (unpaired) electrons. The molecule has 0 aromatic heterocycles. The van der Waals surface area contributed by atoms with Crippen LogP contribution >= 0.6 is 0 Å². The molecule has 0 bridgehead atoms. The molecule has 1 N–H and O–H groups in total. The molecule has 0 aliphatic carbocycles. The van der Waals surface area contributed by atoms with Crippen LogP contribution in [0, 0.1) is 11.8 Å². The summed E-state index contributed by atoms with van der Waals surface area (Å²) in [6, 6.07) is 0. The van der Waals surface area contributed by atoms with Gasteiger partial charge in [0.25, 0.3) is 0 Å². The first-order chi connectivity index (χ1) is 27.7. The van der Waals surface area contributed by atoms with Crippen molar-refractivity contribution in [3.63, 3.8) is 0 Å². The molecule has 0 aromatic rings. The van der Waals surface area contributed by atoms with Crippen molar-refractivity contribution in [3.05, 3.63) is 24.3 Å². The van der Waals surface area contributed by atoms with Crippen LogP contribution in [0.1, 0.15) is 220 Å². The molecule has 2 unspecified atom stereocenters. The molecule has 0 spiro atoms. The van der Waals surface area contributed by atoms with Crippen LogP contribution in [0.2, 0.25) is 0 Å². The molecular formula is C49H91NO7. The zero-order valence-electron chi connectivity index (χ0n) is 37.9. The van der Waals surface area contributed by atoms with E-state index in [0.29, 0.717) is 19.4 Å².